The third kappa shape index (κ3) is 4.20. The Bertz CT molecular complexity index is 1170. The maximum absolute atomic E-state index is 13.4. The molecule has 0 aromatic heterocycles. The standard InChI is InChI=1S/C24H18Cl2N2O4/c1-32-19-6-4-5-18(14-19)27(22(29)15-11-16(25)13-17(26)12-15)9-10-28-23(30)20-7-2-3-8-21(20)24(28)31/h2-8,11-14H,9-10H2,1H3. The molecule has 0 fully saturated rings. The molecule has 0 radical (unpaired) electrons. The fraction of sp³-hybridized carbons (Fsp3) is 0.125. The molecule has 162 valence electrons. The Kier molecular flexibility index (Phi) is 6.17. The molecular formula is C24H18Cl2N2O4. The first-order valence-corrected chi connectivity index (χ1v) is 10.5. The van der Waals surface area contributed by atoms with Crippen LogP contribution in [0.25, 0.3) is 0 Å². The van der Waals surface area contributed by atoms with Crippen LogP contribution in [0, 0.1) is 0 Å². The molecule has 6 nitrogen and oxygen atoms in total. The Labute approximate surface area is 194 Å². The van der Waals surface area contributed by atoms with Gasteiger partial charge in [0.05, 0.1) is 18.2 Å². The van der Waals surface area contributed by atoms with E-state index in [1.807, 2.05) is 0 Å². The number of ether oxygens (including phenoxy) is 1. The molecule has 8 heteroatoms. The number of carbonyl (C=O) groups excluding carboxylic acids is 3. The van der Waals surface area contributed by atoms with E-state index in [0.29, 0.717) is 32.6 Å². The number of anilines is 1. The molecule has 0 N–H and O–H groups in total. The van der Waals surface area contributed by atoms with Crippen molar-refractivity contribution in [2.75, 3.05) is 25.1 Å². The molecule has 3 amide bonds. The topological polar surface area (TPSA) is 66.9 Å². The van der Waals surface area contributed by atoms with Crippen molar-refractivity contribution < 1.29 is 19.1 Å². The number of fused-ring (bicyclic) bond motifs is 1. The van der Waals surface area contributed by atoms with Crippen molar-refractivity contribution >= 4 is 46.6 Å². The number of halogens is 2. The maximum Gasteiger partial charge on any atom is 0.261 e. The first-order valence-electron chi connectivity index (χ1n) is 9.76. The van der Waals surface area contributed by atoms with E-state index in [9.17, 15) is 14.4 Å². The quantitative estimate of drug-likeness (QED) is 0.480. The van der Waals surface area contributed by atoms with E-state index in [1.165, 1.54) is 30.2 Å². The molecule has 1 aliphatic heterocycles. The van der Waals surface area contributed by atoms with Gasteiger partial charge in [-0.3, -0.25) is 19.3 Å². The normalized spacial score (nSPS) is 12.7. The van der Waals surface area contributed by atoms with Crippen molar-refractivity contribution in [2.24, 2.45) is 0 Å². The zero-order valence-electron chi connectivity index (χ0n) is 17.0. The van der Waals surface area contributed by atoms with Crippen LogP contribution >= 0.6 is 23.2 Å². The van der Waals surface area contributed by atoms with Crippen LogP contribution < -0.4 is 9.64 Å². The smallest absolute Gasteiger partial charge is 0.261 e. The summed E-state index contributed by atoms with van der Waals surface area (Å²) in [7, 11) is 1.53. The van der Waals surface area contributed by atoms with Crippen molar-refractivity contribution in [3.63, 3.8) is 0 Å². The summed E-state index contributed by atoms with van der Waals surface area (Å²) in [6, 6.07) is 18.2. The van der Waals surface area contributed by atoms with Crippen LogP contribution in [-0.2, 0) is 0 Å². The number of rotatable bonds is 6. The lowest BCUT2D eigenvalue weighted by molar-refractivity contribution is 0.0654. The summed E-state index contributed by atoms with van der Waals surface area (Å²) in [6.45, 7) is 0.0885. The van der Waals surface area contributed by atoms with Gasteiger partial charge in [-0.15, -0.1) is 0 Å². The van der Waals surface area contributed by atoms with Crippen molar-refractivity contribution in [1.82, 2.24) is 4.90 Å². The molecule has 1 aliphatic rings. The van der Waals surface area contributed by atoms with E-state index >= 15 is 0 Å². The second-order valence-corrected chi connectivity index (χ2v) is 8.00. The fourth-order valence-electron chi connectivity index (χ4n) is 3.60. The summed E-state index contributed by atoms with van der Waals surface area (Å²) in [5, 5.41) is 0.651. The Morgan fingerprint density at radius 1 is 0.906 bits per heavy atom. The Morgan fingerprint density at radius 3 is 2.12 bits per heavy atom. The van der Waals surface area contributed by atoms with Gasteiger partial charge in [-0.2, -0.15) is 0 Å². The van der Waals surface area contributed by atoms with Gasteiger partial charge in [-0.1, -0.05) is 41.4 Å². The summed E-state index contributed by atoms with van der Waals surface area (Å²) in [6.07, 6.45) is 0. The van der Waals surface area contributed by atoms with Crippen LogP contribution in [0.15, 0.2) is 66.7 Å². The molecule has 0 aliphatic carbocycles. The van der Waals surface area contributed by atoms with Crippen molar-refractivity contribution in [3.8, 4) is 5.75 Å². The lowest BCUT2D eigenvalue weighted by atomic mass is 10.1. The average Bonchev–Trinajstić information content (AvgIpc) is 3.03. The predicted octanol–water partition coefficient (Wildman–Crippen LogP) is 4.95. The number of nitrogens with zero attached hydrogens (tertiary/aromatic N) is 2. The zero-order valence-corrected chi connectivity index (χ0v) is 18.6. The number of hydrogen-bond donors (Lipinski definition) is 0. The molecule has 4 rings (SSSR count). The minimum Gasteiger partial charge on any atom is -0.497 e. The number of methoxy groups -OCH3 is 1. The van der Waals surface area contributed by atoms with Gasteiger partial charge < -0.3 is 9.64 Å². The lowest BCUT2D eigenvalue weighted by Crippen LogP contribution is -2.41. The molecule has 0 saturated carbocycles. The van der Waals surface area contributed by atoms with E-state index in [1.54, 1.807) is 48.5 Å². The molecule has 0 saturated heterocycles. The van der Waals surface area contributed by atoms with Gasteiger partial charge >= 0.3 is 0 Å². The van der Waals surface area contributed by atoms with Crippen LogP contribution in [-0.4, -0.2) is 42.8 Å². The molecule has 0 unspecified atom stereocenters. The molecular weight excluding hydrogens is 451 g/mol. The highest BCUT2D eigenvalue weighted by Gasteiger charge is 2.35. The second-order valence-electron chi connectivity index (χ2n) is 7.12. The van der Waals surface area contributed by atoms with Gasteiger partial charge in [0.15, 0.2) is 0 Å². The molecule has 3 aromatic carbocycles. The van der Waals surface area contributed by atoms with Crippen LogP contribution in [0.1, 0.15) is 31.1 Å². The number of carbonyl (C=O) groups is 3. The van der Waals surface area contributed by atoms with Crippen LogP contribution in [0.4, 0.5) is 5.69 Å². The number of imide groups is 1. The number of hydrogen-bond acceptors (Lipinski definition) is 4. The van der Waals surface area contributed by atoms with Crippen molar-refractivity contribution in [2.45, 2.75) is 0 Å². The predicted molar refractivity (Wildman–Crippen MR) is 123 cm³/mol. The van der Waals surface area contributed by atoms with Crippen LogP contribution in [0.5, 0.6) is 5.75 Å². The molecule has 32 heavy (non-hydrogen) atoms. The monoisotopic (exact) mass is 468 g/mol. The summed E-state index contributed by atoms with van der Waals surface area (Å²) in [5.74, 6) is -0.576. The van der Waals surface area contributed by atoms with Gasteiger partial charge in [-0.25, -0.2) is 0 Å². The zero-order chi connectivity index (χ0) is 22.8. The van der Waals surface area contributed by atoms with Crippen molar-refractivity contribution in [3.05, 3.63) is 93.5 Å². The van der Waals surface area contributed by atoms with Crippen LogP contribution in [0.3, 0.4) is 0 Å². The first kappa shape index (κ1) is 21.9. The number of amides is 3. The maximum atomic E-state index is 13.4. The van der Waals surface area contributed by atoms with Gasteiger partial charge in [0, 0.05) is 40.5 Å². The van der Waals surface area contributed by atoms with E-state index in [2.05, 4.69) is 0 Å². The van der Waals surface area contributed by atoms with E-state index in [0.717, 1.165) is 4.90 Å². The summed E-state index contributed by atoms with van der Waals surface area (Å²) in [4.78, 5) is 41.5. The third-order valence-electron chi connectivity index (χ3n) is 5.15. The summed E-state index contributed by atoms with van der Waals surface area (Å²) in [5.41, 5.74) is 1.55. The highest BCUT2D eigenvalue weighted by atomic mass is 35.5. The summed E-state index contributed by atoms with van der Waals surface area (Å²) < 4.78 is 5.28. The largest absolute Gasteiger partial charge is 0.497 e. The third-order valence-corrected chi connectivity index (χ3v) is 5.58. The van der Waals surface area contributed by atoms with E-state index in [-0.39, 0.29) is 36.4 Å². The van der Waals surface area contributed by atoms with Crippen molar-refractivity contribution in [1.29, 1.82) is 0 Å². The SMILES string of the molecule is COc1cccc(N(CCN2C(=O)c3ccccc3C2=O)C(=O)c2cc(Cl)cc(Cl)c2)c1. The molecule has 3 aromatic rings. The minimum atomic E-state index is -0.380. The Balaban J connectivity index is 1.65. The fourth-order valence-corrected chi connectivity index (χ4v) is 4.13. The van der Waals surface area contributed by atoms with Gasteiger partial charge in [0.1, 0.15) is 5.75 Å². The van der Waals surface area contributed by atoms with Gasteiger partial charge in [0.2, 0.25) is 0 Å². The molecule has 0 spiro atoms. The van der Waals surface area contributed by atoms with Crippen LogP contribution in [0.2, 0.25) is 10.0 Å². The van der Waals surface area contributed by atoms with E-state index < -0.39 is 0 Å². The summed E-state index contributed by atoms with van der Waals surface area (Å²) >= 11 is 12.2. The lowest BCUT2D eigenvalue weighted by Gasteiger charge is -2.26. The second kappa shape index (κ2) is 9.02. The van der Waals surface area contributed by atoms with E-state index in [4.69, 9.17) is 27.9 Å². The highest BCUT2D eigenvalue weighted by molar-refractivity contribution is 6.35. The first-order chi connectivity index (χ1) is 15.4. The molecule has 0 atom stereocenters. The highest BCUT2D eigenvalue weighted by Crippen LogP contribution is 2.27. The average molecular weight is 469 g/mol. The molecule has 1 heterocycles. The minimum absolute atomic E-state index is 0.0175. The number of benzene rings is 3. The molecule has 0 bridgehead atoms. The Hall–Kier alpha value is -3.35. The Morgan fingerprint density at radius 2 is 1.53 bits per heavy atom. The van der Waals surface area contributed by atoms with Gasteiger partial charge in [-0.05, 0) is 42.5 Å². The van der Waals surface area contributed by atoms with Gasteiger partial charge in [0.25, 0.3) is 17.7 Å².